The van der Waals surface area contributed by atoms with Crippen molar-refractivity contribution in [1.29, 1.82) is 10.5 Å². The van der Waals surface area contributed by atoms with Crippen LogP contribution in [0.4, 0.5) is 0 Å². The van der Waals surface area contributed by atoms with Crippen LogP contribution in [0, 0.1) is 40.4 Å². The first-order valence-corrected chi connectivity index (χ1v) is 12.3. The third kappa shape index (κ3) is 2.69. The van der Waals surface area contributed by atoms with Gasteiger partial charge in [0.1, 0.15) is 17.7 Å². The van der Waals surface area contributed by atoms with Gasteiger partial charge in [-0.1, -0.05) is 96.6 Å². The van der Waals surface area contributed by atoms with Gasteiger partial charge < -0.3 is 0 Å². The Labute approximate surface area is 205 Å². The molecule has 0 amide bonds. The molecule has 7 rings (SSSR count). The maximum atomic E-state index is 10.1. The second-order valence-corrected chi connectivity index (χ2v) is 9.79. The fourth-order valence-electron chi connectivity index (χ4n) is 6.95. The van der Waals surface area contributed by atoms with Gasteiger partial charge >= 0.3 is 0 Å². The summed E-state index contributed by atoms with van der Waals surface area (Å²) in [5.74, 6) is 1.45. The van der Waals surface area contributed by atoms with E-state index in [-0.39, 0.29) is 5.57 Å². The molecule has 2 heteroatoms. The number of hydrogen-bond acceptors (Lipinski definition) is 2. The Kier molecular flexibility index (Phi) is 4.32. The molecule has 3 unspecified atom stereocenters. The smallest absolute Gasteiger partial charge is 0.138 e. The molecule has 0 radical (unpaired) electrons. The zero-order valence-corrected chi connectivity index (χ0v) is 19.2. The minimum absolute atomic E-state index is 0.174. The lowest BCUT2D eigenvalue weighted by atomic mass is 9.67. The van der Waals surface area contributed by atoms with E-state index in [9.17, 15) is 10.5 Å². The average molecular weight is 447 g/mol. The molecule has 5 aliphatic rings. The Hall–Kier alpha value is -4.40. The lowest BCUT2D eigenvalue weighted by Crippen LogP contribution is -2.23. The van der Waals surface area contributed by atoms with Gasteiger partial charge in [-0.25, -0.2) is 0 Å². The number of nitrogens with zero attached hydrogens (tertiary/aromatic N) is 2. The molecule has 0 bridgehead atoms. The predicted octanol–water partition coefficient (Wildman–Crippen LogP) is 7.27. The summed E-state index contributed by atoms with van der Waals surface area (Å²) < 4.78 is 0. The molecule has 2 aromatic carbocycles. The molecular weight excluding hydrogens is 424 g/mol. The second kappa shape index (κ2) is 7.56. The number of fused-ring (bicyclic) bond motifs is 3. The van der Waals surface area contributed by atoms with Crippen LogP contribution in [0.2, 0.25) is 0 Å². The van der Waals surface area contributed by atoms with E-state index in [2.05, 4.69) is 66.8 Å². The van der Waals surface area contributed by atoms with Crippen LogP contribution in [0.5, 0.6) is 0 Å². The van der Waals surface area contributed by atoms with E-state index in [0.29, 0.717) is 17.8 Å². The Balaban J connectivity index is 1.69. The van der Waals surface area contributed by atoms with E-state index in [0.717, 1.165) is 34.3 Å². The highest BCUT2D eigenvalue weighted by molar-refractivity contribution is 6.13. The Bertz CT molecular complexity index is 1570. The predicted molar refractivity (Wildman–Crippen MR) is 138 cm³/mol. The van der Waals surface area contributed by atoms with E-state index < -0.39 is 0 Å². The third-order valence-electron chi connectivity index (χ3n) is 8.15. The summed E-state index contributed by atoms with van der Waals surface area (Å²) in [6.07, 6.45) is 13.8. The largest absolute Gasteiger partial charge is 0.192 e. The van der Waals surface area contributed by atoms with Crippen molar-refractivity contribution in [1.82, 2.24) is 0 Å². The van der Waals surface area contributed by atoms with Crippen molar-refractivity contribution in [2.45, 2.75) is 12.8 Å². The van der Waals surface area contributed by atoms with Gasteiger partial charge in [0, 0.05) is 17.1 Å². The fraction of sp³-hybridized carbons (Fsp3) is 0.152. The van der Waals surface area contributed by atoms with Gasteiger partial charge in [-0.3, -0.25) is 0 Å². The summed E-state index contributed by atoms with van der Waals surface area (Å²) in [6.45, 7) is 0. The highest BCUT2D eigenvalue weighted by atomic mass is 14.5. The van der Waals surface area contributed by atoms with Gasteiger partial charge in [0.05, 0.1) is 0 Å². The second-order valence-electron chi connectivity index (χ2n) is 9.79. The van der Waals surface area contributed by atoms with Gasteiger partial charge in [0.2, 0.25) is 0 Å². The van der Waals surface area contributed by atoms with Crippen molar-refractivity contribution in [3.8, 4) is 12.1 Å². The maximum absolute atomic E-state index is 10.1. The molecule has 0 saturated heterocycles. The topological polar surface area (TPSA) is 47.6 Å². The Morgan fingerprint density at radius 3 is 2.11 bits per heavy atom. The number of benzene rings is 2. The van der Waals surface area contributed by atoms with Crippen LogP contribution in [0.1, 0.15) is 24.0 Å². The zero-order chi connectivity index (χ0) is 23.5. The summed E-state index contributed by atoms with van der Waals surface area (Å²) in [6, 6.07) is 25.1. The average Bonchev–Trinajstić information content (AvgIpc) is 3.47. The minimum atomic E-state index is 0.174. The highest BCUT2D eigenvalue weighted by Gasteiger charge is 2.50. The molecular formula is C33H22N2. The monoisotopic (exact) mass is 446 g/mol. The van der Waals surface area contributed by atoms with Crippen molar-refractivity contribution < 1.29 is 0 Å². The molecule has 164 valence electrons. The fourth-order valence-corrected chi connectivity index (χ4v) is 6.95. The van der Waals surface area contributed by atoms with Crippen LogP contribution in [0.25, 0.3) is 11.1 Å². The Morgan fingerprint density at radius 2 is 1.46 bits per heavy atom. The van der Waals surface area contributed by atoms with Crippen LogP contribution in [0.15, 0.2) is 130 Å². The molecule has 2 aromatic rings. The zero-order valence-electron chi connectivity index (χ0n) is 19.2. The van der Waals surface area contributed by atoms with Crippen LogP contribution in [0.3, 0.4) is 0 Å². The van der Waals surface area contributed by atoms with E-state index in [1.165, 1.54) is 28.7 Å². The van der Waals surface area contributed by atoms with E-state index >= 15 is 0 Å². The number of hydrogen-bond donors (Lipinski definition) is 0. The first-order valence-electron chi connectivity index (χ1n) is 12.3. The first-order chi connectivity index (χ1) is 17.3. The van der Waals surface area contributed by atoms with Gasteiger partial charge in [0.15, 0.2) is 0 Å². The summed E-state index contributed by atoms with van der Waals surface area (Å²) in [5, 5.41) is 20.3. The molecule has 1 fully saturated rings. The quantitative estimate of drug-likeness (QED) is 0.456. The van der Waals surface area contributed by atoms with Crippen LogP contribution < -0.4 is 0 Å². The normalized spacial score (nSPS) is 25.3. The summed E-state index contributed by atoms with van der Waals surface area (Å²) in [7, 11) is 0. The Morgan fingerprint density at radius 1 is 0.800 bits per heavy atom. The van der Waals surface area contributed by atoms with Crippen LogP contribution >= 0.6 is 0 Å². The molecule has 2 nitrogen and oxygen atoms in total. The summed E-state index contributed by atoms with van der Waals surface area (Å²) in [4.78, 5) is 0. The van der Waals surface area contributed by atoms with Gasteiger partial charge in [0.25, 0.3) is 0 Å². The van der Waals surface area contributed by atoms with Gasteiger partial charge in [-0.15, -0.1) is 0 Å². The maximum Gasteiger partial charge on any atom is 0.138 e. The van der Waals surface area contributed by atoms with E-state index in [1.54, 1.807) is 5.57 Å². The molecule has 5 aliphatic carbocycles. The SMILES string of the molecule is N#CC(C#N)=C1C(c2ccccc2)=C2C3=CC=CC4CC5CC=CC(=C5C34)C2=C1c1ccccc1. The molecule has 0 aromatic heterocycles. The molecule has 1 saturated carbocycles. The lowest BCUT2D eigenvalue weighted by molar-refractivity contribution is 0.538. The van der Waals surface area contributed by atoms with Crippen LogP contribution in [-0.2, 0) is 0 Å². The van der Waals surface area contributed by atoms with Crippen molar-refractivity contribution in [3.63, 3.8) is 0 Å². The molecule has 3 atom stereocenters. The van der Waals surface area contributed by atoms with Gasteiger partial charge in [-0.05, 0) is 63.7 Å². The first kappa shape index (κ1) is 20.0. The van der Waals surface area contributed by atoms with Crippen LogP contribution in [-0.4, -0.2) is 0 Å². The van der Waals surface area contributed by atoms with Crippen molar-refractivity contribution in [2.24, 2.45) is 17.8 Å². The number of rotatable bonds is 2. The third-order valence-corrected chi connectivity index (χ3v) is 8.15. The van der Waals surface area contributed by atoms with E-state index in [4.69, 9.17) is 0 Å². The molecule has 0 aliphatic heterocycles. The van der Waals surface area contributed by atoms with Crippen molar-refractivity contribution in [2.75, 3.05) is 0 Å². The highest BCUT2D eigenvalue weighted by Crippen LogP contribution is 2.64. The number of allylic oxidation sites excluding steroid dienone is 14. The molecule has 0 heterocycles. The molecule has 0 spiro atoms. The van der Waals surface area contributed by atoms with E-state index in [1.807, 2.05) is 36.4 Å². The number of nitriles is 2. The summed E-state index contributed by atoms with van der Waals surface area (Å²) in [5.41, 5.74) is 11.7. The van der Waals surface area contributed by atoms with Crippen molar-refractivity contribution in [3.05, 3.63) is 141 Å². The standard InChI is InChI=1S/C33H22N2/c34-18-24(19-35)31-29(20-9-3-1-4-10-20)32-25-15-7-13-22-17-23-14-8-16-26(28(23)27(22)25)33(32)30(31)21-11-5-2-6-12-21/h1-13,15-16,22-23,27H,14,17H2. The van der Waals surface area contributed by atoms with Crippen molar-refractivity contribution >= 4 is 11.1 Å². The van der Waals surface area contributed by atoms with Gasteiger partial charge in [-0.2, -0.15) is 10.5 Å². The molecule has 35 heavy (non-hydrogen) atoms. The molecule has 0 N–H and O–H groups in total. The minimum Gasteiger partial charge on any atom is -0.192 e. The lowest BCUT2D eigenvalue weighted by Gasteiger charge is -2.36. The summed E-state index contributed by atoms with van der Waals surface area (Å²) >= 11 is 0.